The molecule has 2 N–H and O–H groups in total. The van der Waals surface area contributed by atoms with Gasteiger partial charge >= 0.3 is 5.97 Å². The second kappa shape index (κ2) is 6.51. The molecule has 1 aromatic heterocycles. The van der Waals surface area contributed by atoms with Crippen molar-refractivity contribution in [2.45, 2.75) is 32.9 Å². The number of carboxylic acids is 1. The number of nitrogens with one attached hydrogen (secondary N) is 1. The fourth-order valence-corrected chi connectivity index (χ4v) is 2.10. The van der Waals surface area contributed by atoms with E-state index in [2.05, 4.69) is 15.5 Å². The van der Waals surface area contributed by atoms with Crippen molar-refractivity contribution < 1.29 is 14.6 Å². The van der Waals surface area contributed by atoms with Crippen molar-refractivity contribution in [1.82, 2.24) is 10.2 Å². The fraction of sp³-hybridized carbons (Fsp3) is 0.700. The summed E-state index contributed by atoms with van der Waals surface area (Å²) in [5.41, 5.74) is 0. The standard InChI is InChI=1S/C10H17N3O3S/c1-6(2)4-7(9(14)15)11-10-13-12-8(17-10)5-16-3/h6-7H,4-5H2,1-3H3,(H,11,13)(H,14,15)/t7-/m0/s1. The summed E-state index contributed by atoms with van der Waals surface area (Å²) in [6.07, 6.45) is 0.550. The first kappa shape index (κ1) is 13.9. The highest BCUT2D eigenvalue weighted by atomic mass is 32.1. The topological polar surface area (TPSA) is 84.3 Å². The lowest BCUT2D eigenvalue weighted by Gasteiger charge is -2.14. The highest BCUT2D eigenvalue weighted by Gasteiger charge is 2.20. The Morgan fingerprint density at radius 2 is 2.24 bits per heavy atom. The molecule has 0 aliphatic rings. The number of anilines is 1. The maximum Gasteiger partial charge on any atom is 0.326 e. The molecule has 1 atom stereocenters. The molecule has 0 saturated carbocycles. The van der Waals surface area contributed by atoms with E-state index >= 15 is 0 Å². The van der Waals surface area contributed by atoms with E-state index < -0.39 is 12.0 Å². The van der Waals surface area contributed by atoms with Crippen LogP contribution in [0.1, 0.15) is 25.3 Å². The molecule has 0 amide bonds. The van der Waals surface area contributed by atoms with Gasteiger partial charge in [0, 0.05) is 7.11 Å². The van der Waals surface area contributed by atoms with E-state index in [4.69, 9.17) is 9.84 Å². The lowest BCUT2D eigenvalue weighted by Crippen LogP contribution is -2.30. The second-order valence-corrected chi connectivity index (χ2v) is 5.16. The van der Waals surface area contributed by atoms with E-state index in [-0.39, 0.29) is 0 Å². The predicted molar refractivity (Wildman–Crippen MR) is 65.1 cm³/mol. The van der Waals surface area contributed by atoms with Gasteiger partial charge in [0.25, 0.3) is 0 Å². The van der Waals surface area contributed by atoms with Gasteiger partial charge in [-0.15, -0.1) is 10.2 Å². The molecule has 1 rings (SSSR count). The van der Waals surface area contributed by atoms with Gasteiger partial charge in [0.05, 0.1) is 0 Å². The van der Waals surface area contributed by atoms with Gasteiger partial charge in [0.1, 0.15) is 17.7 Å². The third kappa shape index (κ3) is 4.66. The Morgan fingerprint density at radius 1 is 1.53 bits per heavy atom. The molecule has 0 aliphatic carbocycles. The van der Waals surface area contributed by atoms with Gasteiger partial charge < -0.3 is 15.2 Å². The zero-order chi connectivity index (χ0) is 12.8. The van der Waals surface area contributed by atoms with Gasteiger partial charge in [-0.2, -0.15) is 0 Å². The number of hydrogen-bond acceptors (Lipinski definition) is 6. The van der Waals surface area contributed by atoms with Crippen LogP contribution >= 0.6 is 11.3 Å². The minimum Gasteiger partial charge on any atom is -0.480 e. The van der Waals surface area contributed by atoms with Crippen LogP contribution in [0.2, 0.25) is 0 Å². The second-order valence-electron chi connectivity index (χ2n) is 4.10. The van der Waals surface area contributed by atoms with Gasteiger partial charge in [-0.3, -0.25) is 0 Å². The zero-order valence-corrected chi connectivity index (χ0v) is 11.0. The van der Waals surface area contributed by atoms with Crippen molar-refractivity contribution in [3.8, 4) is 0 Å². The van der Waals surface area contributed by atoms with Crippen LogP contribution in [-0.2, 0) is 16.1 Å². The third-order valence-electron chi connectivity index (χ3n) is 2.04. The smallest absolute Gasteiger partial charge is 0.326 e. The number of rotatable bonds is 7. The summed E-state index contributed by atoms with van der Waals surface area (Å²) in [7, 11) is 1.58. The molecule has 1 heterocycles. The van der Waals surface area contributed by atoms with Crippen LogP contribution in [0.3, 0.4) is 0 Å². The Kier molecular flexibility index (Phi) is 5.30. The van der Waals surface area contributed by atoms with Crippen LogP contribution in [0.4, 0.5) is 5.13 Å². The molecule has 0 aliphatic heterocycles. The Morgan fingerprint density at radius 3 is 2.76 bits per heavy atom. The molecule has 0 saturated heterocycles. The normalized spacial score (nSPS) is 12.7. The predicted octanol–water partition coefficient (Wildman–Crippen LogP) is 1.60. The monoisotopic (exact) mass is 259 g/mol. The summed E-state index contributed by atoms with van der Waals surface area (Å²) in [5.74, 6) is -0.572. The molecule has 0 bridgehead atoms. The van der Waals surface area contributed by atoms with Gasteiger partial charge in [-0.25, -0.2) is 4.79 Å². The first-order valence-corrected chi connectivity index (χ1v) is 6.15. The van der Waals surface area contributed by atoms with Crippen molar-refractivity contribution >= 4 is 22.4 Å². The van der Waals surface area contributed by atoms with Crippen LogP contribution in [0.25, 0.3) is 0 Å². The summed E-state index contributed by atoms with van der Waals surface area (Å²) >= 11 is 1.31. The maximum atomic E-state index is 11.0. The molecule has 96 valence electrons. The van der Waals surface area contributed by atoms with Crippen LogP contribution in [0.15, 0.2) is 0 Å². The van der Waals surface area contributed by atoms with Crippen molar-refractivity contribution in [3.63, 3.8) is 0 Å². The molecule has 0 spiro atoms. The first-order chi connectivity index (χ1) is 8.02. The molecule has 0 unspecified atom stereocenters. The largest absolute Gasteiger partial charge is 0.480 e. The van der Waals surface area contributed by atoms with Crippen molar-refractivity contribution in [3.05, 3.63) is 5.01 Å². The van der Waals surface area contributed by atoms with Gasteiger partial charge in [-0.05, 0) is 12.3 Å². The van der Waals surface area contributed by atoms with E-state index in [1.54, 1.807) is 7.11 Å². The summed E-state index contributed by atoms with van der Waals surface area (Å²) in [4.78, 5) is 11.0. The molecule has 6 nitrogen and oxygen atoms in total. The SMILES string of the molecule is COCc1nnc(N[C@@H](CC(C)C)C(=O)O)s1. The van der Waals surface area contributed by atoms with Gasteiger partial charge in [-0.1, -0.05) is 25.2 Å². The molecule has 1 aromatic rings. The molecule has 0 radical (unpaired) electrons. The molecule has 0 fully saturated rings. The molecule has 7 heteroatoms. The van der Waals surface area contributed by atoms with Crippen LogP contribution in [-0.4, -0.2) is 34.4 Å². The van der Waals surface area contributed by atoms with E-state index in [1.165, 1.54) is 11.3 Å². The quantitative estimate of drug-likeness (QED) is 0.773. The van der Waals surface area contributed by atoms with E-state index in [0.717, 1.165) is 5.01 Å². The average molecular weight is 259 g/mol. The number of hydrogen-bond donors (Lipinski definition) is 2. The molecular weight excluding hydrogens is 242 g/mol. The fourth-order valence-electron chi connectivity index (χ4n) is 1.34. The van der Waals surface area contributed by atoms with Crippen molar-refractivity contribution in [1.29, 1.82) is 0 Å². The molecule has 17 heavy (non-hydrogen) atoms. The van der Waals surface area contributed by atoms with E-state index in [0.29, 0.717) is 24.1 Å². The van der Waals surface area contributed by atoms with Crippen molar-refractivity contribution in [2.24, 2.45) is 5.92 Å². The number of methoxy groups -OCH3 is 1. The minimum atomic E-state index is -0.873. The summed E-state index contributed by atoms with van der Waals surface area (Å²) in [6.45, 7) is 4.35. The van der Waals surface area contributed by atoms with Gasteiger partial charge in [0.2, 0.25) is 5.13 Å². The Hall–Kier alpha value is -1.21. The van der Waals surface area contributed by atoms with E-state index in [1.807, 2.05) is 13.8 Å². The zero-order valence-electron chi connectivity index (χ0n) is 10.1. The average Bonchev–Trinajstić information content (AvgIpc) is 2.64. The van der Waals surface area contributed by atoms with Gasteiger partial charge in [0.15, 0.2) is 0 Å². The van der Waals surface area contributed by atoms with Crippen LogP contribution in [0.5, 0.6) is 0 Å². The highest BCUT2D eigenvalue weighted by Crippen LogP contribution is 2.18. The number of aliphatic carboxylic acids is 1. The van der Waals surface area contributed by atoms with Crippen LogP contribution < -0.4 is 5.32 Å². The first-order valence-electron chi connectivity index (χ1n) is 5.33. The number of carboxylic acid groups (broad SMARTS) is 1. The summed E-state index contributed by atoms with van der Waals surface area (Å²) in [6, 6.07) is -0.627. The highest BCUT2D eigenvalue weighted by molar-refractivity contribution is 7.15. The summed E-state index contributed by atoms with van der Waals surface area (Å²) in [5, 5.41) is 20.9. The molecular formula is C10H17N3O3S. The lowest BCUT2D eigenvalue weighted by molar-refractivity contribution is -0.138. The Labute approximate surface area is 104 Å². The number of carbonyl (C=O) groups is 1. The number of nitrogens with zero attached hydrogens (tertiary/aromatic N) is 2. The number of ether oxygens (including phenoxy) is 1. The molecule has 0 aromatic carbocycles. The minimum absolute atomic E-state index is 0.301. The maximum absolute atomic E-state index is 11.0. The van der Waals surface area contributed by atoms with E-state index in [9.17, 15) is 4.79 Å². The Balaban J connectivity index is 2.62. The van der Waals surface area contributed by atoms with Crippen molar-refractivity contribution in [2.75, 3.05) is 12.4 Å². The lowest BCUT2D eigenvalue weighted by atomic mass is 10.0. The Bertz CT molecular complexity index is 367. The number of aromatic nitrogens is 2. The third-order valence-corrected chi connectivity index (χ3v) is 2.87. The van der Waals surface area contributed by atoms with Crippen LogP contribution in [0, 0.1) is 5.92 Å². The summed E-state index contributed by atoms with van der Waals surface area (Å²) < 4.78 is 4.92.